The second-order valence-corrected chi connectivity index (χ2v) is 5.43. The SMILES string of the molecule is Nc1nc(N[C@@H](Cn2ccnc2)c2ccccc2)c2cn[nH]c2n1. The summed E-state index contributed by atoms with van der Waals surface area (Å²) in [6, 6.07) is 10.2. The molecule has 3 aromatic heterocycles. The fourth-order valence-corrected chi connectivity index (χ4v) is 2.65. The Balaban J connectivity index is 1.72. The summed E-state index contributed by atoms with van der Waals surface area (Å²) >= 11 is 0. The zero-order valence-corrected chi connectivity index (χ0v) is 12.8. The average molecular weight is 320 g/mol. The zero-order chi connectivity index (χ0) is 16.4. The van der Waals surface area contributed by atoms with Crippen LogP contribution < -0.4 is 11.1 Å². The van der Waals surface area contributed by atoms with E-state index in [1.807, 2.05) is 29.0 Å². The molecule has 0 bridgehead atoms. The summed E-state index contributed by atoms with van der Waals surface area (Å²) < 4.78 is 2.02. The van der Waals surface area contributed by atoms with Crippen LogP contribution in [0.5, 0.6) is 0 Å². The molecule has 0 aliphatic carbocycles. The van der Waals surface area contributed by atoms with Crippen LogP contribution in [0.25, 0.3) is 11.0 Å². The maximum absolute atomic E-state index is 5.81. The van der Waals surface area contributed by atoms with Crippen LogP contribution in [0.4, 0.5) is 11.8 Å². The van der Waals surface area contributed by atoms with E-state index in [2.05, 4.69) is 42.6 Å². The van der Waals surface area contributed by atoms with Gasteiger partial charge in [0.2, 0.25) is 5.95 Å². The summed E-state index contributed by atoms with van der Waals surface area (Å²) in [5, 5.41) is 11.1. The monoisotopic (exact) mass is 320 g/mol. The van der Waals surface area contributed by atoms with Gasteiger partial charge in [-0.25, -0.2) is 4.98 Å². The highest BCUT2D eigenvalue weighted by Gasteiger charge is 2.16. The van der Waals surface area contributed by atoms with Gasteiger partial charge in [0.05, 0.1) is 24.0 Å². The van der Waals surface area contributed by atoms with Crippen molar-refractivity contribution in [2.24, 2.45) is 0 Å². The van der Waals surface area contributed by atoms with Crippen molar-refractivity contribution in [3.8, 4) is 0 Å². The molecule has 0 unspecified atom stereocenters. The summed E-state index contributed by atoms with van der Waals surface area (Å²) in [5.74, 6) is 0.851. The third kappa shape index (κ3) is 2.76. The van der Waals surface area contributed by atoms with Crippen molar-refractivity contribution in [1.29, 1.82) is 0 Å². The second kappa shape index (κ2) is 5.99. The van der Waals surface area contributed by atoms with E-state index in [9.17, 15) is 0 Å². The molecule has 24 heavy (non-hydrogen) atoms. The third-order valence-electron chi connectivity index (χ3n) is 3.79. The van der Waals surface area contributed by atoms with Crippen molar-refractivity contribution in [2.75, 3.05) is 11.1 Å². The summed E-state index contributed by atoms with van der Waals surface area (Å²) in [6.07, 6.45) is 7.17. The number of hydrogen-bond acceptors (Lipinski definition) is 6. The van der Waals surface area contributed by atoms with Gasteiger partial charge >= 0.3 is 0 Å². The molecular formula is C16H16N8. The number of fused-ring (bicyclic) bond motifs is 1. The molecule has 0 aliphatic rings. The standard InChI is InChI=1S/C16H16N8/c17-16-21-14(12-8-19-23-15(12)22-16)20-13(9-24-7-6-18-10-24)11-4-2-1-3-5-11/h1-8,10,13H,9H2,(H4,17,19,20,21,22,23)/t13-/m0/s1. The minimum Gasteiger partial charge on any atom is -0.368 e. The predicted octanol–water partition coefficient (Wildman–Crippen LogP) is 1.98. The first-order chi connectivity index (χ1) is 11.8. The predicted molar refractivity (Wildman–Crippen MR) is 91.1 cm³/mol. The molecule has 3 heterocycles. The second-order valence-electron chi connectivity index (χ2n) is 5.43. The van der Waals surface area contributed by atoms with Gasteiger partial charge in [0.15, 0.2) is 5.65 Å². The van der Waals surface area contributed by atoms with Crippen LogP contribution in [0, 0.1) is 0 Å². The summed E-state index contributed by atoms with van der Waals surface area (Å²) in [5.41, 5.74) is 7.56. The quantitative estimate of drug-likeness (QED) is 0.518. The molecule has 0 spiro atoms. The number of nitrogen functional groups attached to an aromatic ring is 1. The molecule has 4 rings (SSSR count). The van der Waals surface area contributed by atoms with Gasteiger partial charge in [0, 0.05) is 18.9 Å². The topological polar surface area (TPSA) is 110 Å². The molecule has 0 aliphatic heterocycles. The summed E-state index contributed by atoms with van der Waals surface area (Å²) in [7, 11) is 0. The number of anilines is 2. The van der Waals surface area contributed by atoms with Crippen LogP contribution in [-0.2, 0) is 6.54 Å². The number of aromatic nitrogens is 6. The molecule has 4 aromatic rings. The molecular weight excluding hydrogens is 304 g/mol. The number of nitrogens with two attached hydrogens (primary N) is 1. The Bertz CT molecular complexity index is 929. The number of rotatable bonds is 5. The Labute approximate surface area is 137 Å². The van der Waals surface area contributed by atoms with Crippen molar-refractivity contribution < 1.29 is 0 Å². The lowest BCUT2D eigenvalue weighted by molar-refractivity contribution is 0.606. The van der Waals surface area contributed by atoms with E-state index in [4.69, 9.17) is 5.73 Å². The molecule has 8 heteroatoms. The van der Waals surface area contributed by atoms with E-state index in [1.165, 1.54) is 0 Å². The van der Waals surface area contributed by atoms with Gasteiger partial charge in [0.1, 0.15) is 5.82 Å². The highest BCUT2D eigenvalue weighted by molar-refractivity contribution is 5.86. The van der Waals surface area contributed by atoms with Crippen LogP contribution in [0.2, 0.25) is 0 Å². The smallest absolute Gasteiger partial charge is 0.224 e. The van der Waals surface area contributed by atoms with Crippen molar-refractivity contribution in [3.05, 3.63) is 60.8 Å². The maximum atomic E-state index is 5.81. The number of H-pyrrole nitrogens is 1. The summed E-state index contributed by atoms with van der Waals surface area (Å²) in [4.78, 5) is 12.6. The lowest BCUT2D eigenvalue weighted by Crippen LogP contribution is -2.18. The van der Waals surface area contributed by atoms with Gasteiger partial charge in [-0.3, -0.25) is 5.10 Å². The first kappa shape index (κ1) is 14.2. The largest absolute Gasteiger partial charge is 0.368 e. The molecule has 1 atom stereocenters. The lowest BCUT2D eigenvalue weighted by atomic mass is 10.1. The van der Waals surface area contributed by atoms with Gasteiger partial charge in [-0.2, -0.15) is 15.1 Å². The van der Waals surface area contributed by atoms with E-state index >= 15 is 0 Å². The molecule has 0 radical (unpaired) electrons. The fraction of sp³-hybridized carbons (Fsp3) is 0.125. The molecule has 0 amide bonds. The number of hydrogen-bond donors (Lipinski definition) is 3. The number of imidazole rings is 1. The van der Waals surface area contributed by atoms with Crippen LogP contribution in [0.1, 0.15) is 11.6 Å². The van der Waals surface area contributed by atoms with Gasteiger partial charge in [0.25, 0.3) is 0 Å². The number of aromatic amines is 1. The van der Waals surface area contributed by atoms with E-state index < -0.39 is 0 Å². The van der Waals surface area contributed by atoms with Crippen LogP contribution in [0.3, 0.4) is 0 Å². The van der Waals surface area contributed by atoms with Gasteiger partial charge in [-0.15, -0.1) is 0 Å². The Morgan fingerprint density at radius 2 is 2.08 bits per heavy atom. The minimum absolute atomic E-state index is 0.00667. The van der Waals surface area contributed by atoms with Gasteiger partial charge in [-0.1, -0.05) is 30.3 Å². The maximum Gasteiger partial charge on any atom is 0.224 e. The zero-order valence-electron chi connectivity index (χ0n) is 12.8. The van der Waals surface area contributed by atoms with Crippen molar-refractivity contribution in [2.45, 2.75) is 12.6 Å². The van der Waals surface area contributed by atoms with Gasteiger partial charge < -0.3 is 15.6 Å². The Kier molecular flexibility index (Phi) is 3.54. The average Bonchev–Trinajstić information content (AvgIpc) is 3.26. The van der Waals surface area contributed by atoms with Crippen LogP contribution in [-0.4, -0.2) is 29.7 Å². The van der Waals surface area contributed by atoms with Crippen molar-refractivity contribution >= 4 is 22.8 Å². The van der Waals surface area contributed by atoms with Gasteiger partial charge in [-0.05, 0) is 5.56 Å². The lowest BCUT2D eigenvalue weighted by Gasteiger charge is -2.20. The molecule has 1 aromatic carbocycles. The first-order valence-electron chi connectivity index (χ1n) is 7.53. The van der Waals surface area contributed by atoms with E-state index in [0.717, 1.165) is 10.9 Å². The fourth-order valence-electron chi connectivity index (χ4n) is 2.65. The van der Waals surface area contributed by atoms with Crippen LogP contribution >= 0.6 is 0 Å². The van der Waals surface area contributed by atoms with E-state index in [0.29, 0.717) is 18.0 Å². The normalized spacial score (nSPS) is 12.3. The van der Waals surface area contributed by atoms with Crippen LogP contribution in [0.15, 0.2) is 55.2 Å². The number of nitrogens with zero attached hydrogens (tertiary/aromatic N) is 5. The molecule has 0 fully saturated rings. The molecule has 4 N–H and O–H groups in total. The molecule has 0 saturated carbocycles. The Hall–Kier alpha value is -3.42. The highest BCUT2D eigenvalue weighted by atomic mass is 15.2. The molecule has 0 saturated heterocycles. The van der Waals surface area contributed by atoms with E-state index in [-0.39, 0.29) is 12.0 Å². The summed E-state index contributed by atoms with van der Waals surface area (Å²) in [6.45, 7) is 0.702. The first-order valence-corrected chi connectivity index (χ1v) is 7.53. The third-order valence-corrected chi connectivity index (χ3v) is 3.79. The van der Waals surface area contributed by atoms with Crippen molar-refractivity contribution in [3.63, 3.8) is 0 Å². The minimum atomic E-state index is -0.00667. The van der Waals surface area contributed by atoms with Crippen molar-refractivity contribution in [1.82, 2.24) is 29.7 Å². The van der Waals surface area contributed by atoms with E-state index in [1.54, 1.807) is 18.7 Å². The highest BCUT2D eigenvalue weighted by Crippen LogP contribution is 2.25. The Morgan fingerprint density at radius 1 is 1.21 bits per heavy atom. The Morgan fingerprint density at radius 3 is 2.88 bits per heavy atom. The molecule has 120 valence electrons. The number of benzene rings is 1. The number of nitrogens with one attached hydrogen (secondary N) is 2. The molecule has 8 nitrogen and oxygen atoms in total.